The molecule has 0 bridgehead atoms. The summed E-state index contributed by atoms with van der Waals surface area (Å²) >= 11 is 0.864. The molecule has 14 heteroatoms. The van der Waals surface area contributed by atoms with Crippen LogP contribution in [-0.2, 0) is 16.2 Å². The minimum Gasteiger partial charge on any atom is -0.394 e. The van der Waals surface area contributed by atoms with Crippen molar-refractivity contribution in [3.8, 4) is 23.1 Å². The van der Waals surface area contributed by atoms with Crippen molar-refractivity contribution < 1.29 is 35.5 Å². The number of nitrogens with zero attached hydrogens (tertiary/aromatic N) is 3. The van der Waals surface area contributed by atoms with Crippen LogP contribution in [0.25, 0.3) is 16.9 Å². The van der Waals surface area contributed by atoms with E-state index in [4.69, 9.17) is 0 Å². The summed E-state index contributed by atoms with van der Waals surface area (Å²) in [5.74, 6) is 5.51. The van der Waals surface area contributed by atoms with Crippen molar-refractivity contribution in [1.82, 2.24) is 19.3 Å². The van der Waals surface area contributed by atoms with Crippen LogP contribution in [0.3, 0.4) is 0 Å². The van der Waals surface area contributed by atoms with Crippen LogP contribution in [0.4, 0.5) is 22.0 Å². The summed E-state index contributed by atoms with van der Waals surface area (Å²) in [5.41, 5.74) is -2.19. The number of nitrogens with one attached hydrogen (secondary N) is 1. The van der Waals surface area contributed by atoms with Gasteiger partial charge in [0.25, 0.3) is 16.4 Å². The average Bonchev–Trinajstić information content (AvgIpc) is 3.48. The fourth-order valence-corrected chi connectivity index (χ4v) is 5.88. The lowest BCUT2D eigenvalue weighted by Gasteiger charge is -2.22. The van der Waals surface area contributed by atoms with Gasteiger partial charge in [-0.15, -0.1) is 11.3 Å². The number of fused-ring (bicyclic) bond motifs is 1. The molecule has 0 atom stereocenters. The van der Waals surface area contributed by atoms with Gasteiger partial charge in [-0.1, -0.05) is 24.0 Å². The fourth-order valence-electron chi connectivity index (χ4n) is 3.31. The Morgan fingerprint density at radius 2 is 1.79 bits per heavy atom. The molecule has 1 aromatic carbocycles. The third-order valence-corrected chi connectivity index (χ3v) is 8.39. The molecule has 3 aromatic heterocycles. The first kappa shape index (κ1) is 27.6. The summed E-state index contributed by atoms with van der Waals surface area (Å²) in [6.07, 6.45) is -6.30. The molecular weight excluding hydrogens is 551 g/mol. The van der Waals surface area contributed by atoms with Crippen LogP contribution in [0.2, 0.25) is 0 Å². The topological polar surface area (TPSA) is 96.6 Å². The minimum absolute atomic E-state index is 0.00662. The van der Waals surface area contributed by atoms with E-state index in [0.29, 0.717) is 4.88 Å². The lowest BCUT2D eigenvalue weighted by molar-refractivity contribution is -0.137. The van der Waals surface area contributed by atoms with Crippen LogP contribution in [0.5, 0.6) is 0 Å². The van der Waals surface area contributed by atoms with Crippen LogP contribution in [0.15, 0.2) is 52.9 Å². The van der Waals surface area contributed by atoms with Gasteiger partial charge in [0.15, 0.2) is 5.65 Å². The number of benzene rings is 1. The van der Waals surface area contributed by atoms with E-state index in [1.54, 1.807) is 0 Å². The molecule has 7 nitrogen and oxygen atoms in total. The number of rotatable bonds is 6. The van der Waals surface area contributed by atoms with Crippen LogP contribution in [0.1, 0.15) is 42.0 Å². The molecule has 0 amide bonds. The van der Waals surface area contributed by atoms with Gasteiger partial charge in [0.2, 0.25) is 0 Å². The van der Waals surface area contributed by atoms with E-state index in [2.05, 4.69) is 26.6 Å². The Morgan fingerprint density at radius 3 is 2.39 bits per heavy atom. The van der Waals surface area contributed by atoms with Crippen molar-refractivity contribution in [2.75, 3.05) is 6.61 Å². The molecule has 0 spiro atoms. The number of alkyl halides is 5. The number of sulfonamides is 1. The first-order valence-corrected chi connectivity index (χ1v) is 13.1. The first-order valence-electron chi connectivity index (χ1n) is 10.8. The van der Waals surface area contributed by atoms with Crippen molar-refractivity contribution in [3.05, 3.63) is 70.4 Å². The normalized spacial score (nSPS) is 12.7. The van der Waals surface area contributed by atoms with E-state index < -0.39 is 46.0 Å². The largest absolute Gasteiger partial charge is 0.416 e. The zero-order valence-electron chi connectivity index (χ0n) is 19.7. The average molecular weight is 571 g/mol. The molecular formula is C24H19F5N4O3S2. The Morgan fingerprint density at radius 1 is 1.11 bits per heavy atom. The molecule has 0 radical (unpaired) electrons. The van der Waals surface area contributed by atoms with Gasteiger partial charge in [0, 0.05) is 5.56 Å². The second-order valence-corrected chi connectivity index (χ2v) is 11.7. The smallest absolute Gasteiger partial charge is 0.394 e. The van der Waals surface area contributed by atoms with Gasteiger partial charge in [-0.3, -0.25) is 0 Å². The van der Waals surface area contributed by atoms with E-state index in [-0.39, 0.29) is 26.7 Å². The fraction of sp³-hybridized carbons (Fsp3) is 0.250. The van der Waals surface area contributed by atoms with Crippen LogP contribution in [-0.4, -0.2) is 40.3 Å². The maximum absolute atomic E-state index is 13.8. The quantitative estimate of drug-likeness (QED) is 0.255. The molecule has 0 aliphatic heterocycles. The molecule has 4 rings (SSSR count). The zero-order chi connectivity index (χ0) is 27.9. The lowest BCUT2D eigenvalue weighted by Crippen LogP contribution is -2.45. The zero-order valence-corrected chi connectivity index (χ0v) is 21.3. The molecule has 3 heterocycles. The number of hydrogen-bond donors (Lipinski definition) is 2. The summed E-state index contributed by atoms with van der Waals surface area (Å²) in [4.78, 5) is 4.65. The minimum atomic E-state index is -4.55. The van der Waals surface area contributed by atoms with Gasteiger partial charge >= 0.3 is 6.18 Å². The van der Waals surface area contributed by atoms with Crippen molar-refractivity contribution in [2.24, 2.45) is 0 Å². The number of aliphatic hydroxyl groups excluding tert-OH is 1. The van der Waals surface area contributed by atoms with Gasteiger partial charge in [0.1, 0.15) is 9.90 Å². The molecule has 0 saturated heterocycles. The summed E-state index contributed by atoms with van der Waals surface area (Å²) < 4.78 is 94.6. The van der Waals surface area contributed by atoms with Gasteiger partial charge in [0.05, 0.1) is 40.0 Å². The lowest BCUT2D eigenvalue weighted by atomic mass is 10.1. The molecule has 2 N–H and O–H groups in total. The first-order chi connectivity index (χ1) is 17.7. The highest BCUT2D eigenvalue weighted by molar-refractivity contribution is 7.91. The highest BCUT2D eigenvalue weighted by atomic mass is 32.2. The van der Waals surface area contributed by atoms with Gasteiger partial charge in [-0.05, 0) is 44.2 Å². The standard InChI is InChI=1S/C24H19F5N4O3S2/c1-23(2,13-34)32-38(35,36)20-10-9-17(37-20)8-5-15-12-30-33-19(21(25)26)11-18(31-22(15)33)14-3-6-16(7-4-14)24(27,28)29/h3-4,6-7,9-12,21,32,34H,13H2,1-2H3. The Balaban J connectivity index is 1.71. The number of halogens is 5. The van der Waals surface area contributed by atoms with Crippen LogP contribution in [0, 0.1) is 11.8 Å². The van der Waals surface area contributed by atoms with Gasteiger partial charge in [-0.2, -0.15) is 18.3 Å². The molecule has 0 saturated carbocycles. The predicted molar refractivity (Wildman–Crippen MR) is 130 cm³/mol. The maximum Gasteiger partial charge on any atom is 0.416 e. The van der Waals surface area contributed by atoms with Gasteiger partial charge in [-0.25, -0.2) is 31.4 Å². The summed E-state index contributed by atoms with van der Waals surface area (Å²) in [7, 11) is -3.92. The van der Waals surface area contributed by atoms with Crippen molar-refractivity contribution in [3.63, 3.8) is 0 Å². The van der Waals surface area contributed by atoms with Gasteiger partial charge < -0.3 is 5.11 Å². The second kappa shape index (κ2) is 10.1. The van der Waals surface area contributed by atoms with E-state index in [0.717, 1.165) is 46.2 Å². The van der Waals surface area contributed by atoms with E-state index >= 15 is 0 Å². The predicted octanol–water partition coefficient (Wildman–Crippen LogP) is 4.86. The molecule has 0 unspecified atom stereocenters. The molecule has 38 heavy (non-hydrogen) atoms. The molecule has 0 fully saturated rings. The number of aliphatic hydroxyl groups is 1. The van der Waals surface area contributed by atoms with Crippen molar-refractivity contribution in [2.45, 2.75) is 36.2 Å². The Bertz CT molecular complexity index is 1650. The van der Waals surface area contributed by atoms with E-state index in [1.807, 2.05) is 0 Å². The number of aromatic nitrogens is 3. The molecule has 0 aliphatic carbocycles. The van der Waals surface area contributed by atoms with E-state index in [9.17, 15) is 35.5 Å². The number of thiophene rings is 1. The van der Waals surface area contributed by atoms with Crippen LogP contribution < -0.4 is 4.72 Å². The summed E-state index contributed by atoms with van der Waals surface area (Å²) in [5, 5.41) is 13.2. The Kier molecular flexibility index (Phi) is 7.32. The SMILES string of the molecule is CC(C)(CO)NS(=O)(=O)c1ccc(C#Cc2cnn3c(C(F)F)cc(-c4ccc(C(F)(F)F)cc4)nc23)s1. The third-order valence-electron chi connectivity index (χ3n) is 5.20. The van der Waals surface area contributed by atoms with Crippen molar-refractivity contribution in [1.29, 1.82) is 0 Å². The van der Waals surface area contributed by atoms with Crippen LogP contribution >= 0.6 is 11.3 Å². The second-order valence-electron chi connectivity index (χ2n) is 8.75. The third kappa shape index (κ3) is 5.86. The Labute approximate surface area is 218 Å². The molecule has 4 aromatic rings. The van der Waals surface area contributed by atoms with Crippen molar-refractivity contribution >= 4 is 27.0 Å². The summed E-state index contributed by atoms with van der Waals surface area (Å²) in [6.45, 7) is 2.62. The van der Waals surface area contributed by atoms with E-state index in [1.165, 1.54) is 32.2 Å². The molecule has 0 aliphatic rings. The monoisotopic (exact) mass is 570 g/mol. The molecule has 200 valence electrons. The number of hydrogen-bond acceptors (Lipinski definition) is 6. The summed E-state index contributed by atoms with van der Waals surface area (Å²) in [6, 6.07) is 7.79. The Hall–Kier alpha value is -3.38. The maximum atomic E-state index is 13.8. The highest BCUT2D eigenvalue weighted by Gasteiger charge is 2.30. The highest BCUT2D eigenvalue weighted by Crippen LogP contribution is 2.32.